The molecule has 2 rings (SSSR count). The van der Waals surface area contributed by atoms with Crippen molar-refractivity contribution in [2.24, 2.45) is 7.05 Å². The van der Waals surface area contributed by atoms with Gasteiger partial charge in [0.05, 0.1) is 22.4 Å². The Labute approximate surface area is 113 Å². The summed E-state index contributed by atoms with van der Waals surface area (Å²) in [5.41, 5.74) is 4.28. The number of halogens is 1. The fraction of sp³-hybridized carbons (Fsp3) is 0.357. The van der Waals surface area contributed by atoms with Crippen LogP contribution in [0.25, 0.3) is 0 Å². The Hall–Kier alpha value is -1.48. The van der Waals surface area contributed by atoms with Gasteiger partial charge in [0, 0.05) is 18.8 Å². The van der Waals surface area contributed by atoms with Gasteiger partial charge in [0.15, 0.2) is 0 Å². The lowest BCUT2D eigenvalue weighted by Crippen LogP contribution is -2.07. The maximum atomic E-state index is 6.29. The van der Waals surface area contributed by atoms with Gasteiger partial charge < -0.3 is 5.32 Å². The molecular formula is C14H18ClN3. The molecule has 0 aliphatic heterocycles. The van der Waals surface area contributed by atoms with E-state index >= 15 is 0 Å². The summed E-state index contributed by atoms with van der Waals surface area (Å²) in [6, 6.07) is 6.19. The maximum Gasteiger partial charge on any atom is 0.0666 e. The van der Waals surface area contributed by atoms with Gasteiger partial charge in [-0.25, -0.2) is 0 Å². The summed E-state index contributed by atoms with van der Waals surface area (Å²) in [6.07, 6.45) is 2.04. The second-order valence-electron chi connectivity index (χ2n) is 4.65. The van der Waals surface area contributed by atoms with Crippen LogP contribution in [-0.4, -0.2) is 9.78 Å². The highest BCUT2D eigenvalue weighted by molar-refractivity contribution is 6.34. The minimum absolute atomic E-state index is 0.179. The van der Waals surface area contributed by atoms with Gasteiger partial charge in [-0.3, -0.25) is 4.68 Å². The zero-order valence-corrected chi connectivity index (χ0v) is 11.9. The van der Waals surface area contributed by atoms with Gasteiger partial charge in [-0.05, 0) is 32.4 Å². The van der Waals surface area contributed by atoms with Gasteiger partial charge in [-0.2, -0.15) is 5.10 Å². The van der Waals surface area contributed by atoms with Crippen LogP contribution in [0.2, 0.25) is 5.02 Å². The largest absolute Gasteiger partial charge is 0.377 e. The Morgan fingerprint density at radius 3 is 2.67 bits per heavy atom. The van der Waals surface area contributed by atoms with Crippen LogP contribution in [0.1, 0.15) is 29.8 Å². The molecule has 0 radical (unpaired) electrons. The number of rotatable bonds is 3. The summed E-state index contributed by atoms with van der Waals surface area (Å²) in [5, 5.41) is 8.58. The van der Waals surface area contributed by atoms with Crippen molar-refractivity contribution in [3.63, 3.8) is 0 Å². The van der Waals surface area contributed by atoms with E-state index in [1.807, 2.05) is 50.0 Å². The molecule has 0 aliphatic carbocycles. The summed E-state index contributed by atoms with van der Waals surface area (Å²) in [6.45, 7) is 6.14. The molecule has 0 aliphatic rings. The average Bonchev–Trinajstić information content (AvgIpc) is 2.64. The van der Waals surface area contributed by atoms with E-state index in [2.05, 4.69) is 17.3 Å². The van der Waals surface area contributed by atoms with Crippen molar-refractivity contribution < 1.29 is 0 Å². The van der Waals surface area contributed by atoms with E-state index in [1.54, 1.807) is 0 Å². The number of nitrogens with one attached hydrogen (secondary N) is 1. The second-order valence-corrected chi connectivity index (χ2v) is 5.02. The Balaban J connectivity index is 2.24. The fourth-order valence-corrected chi connectivity index (χ4v) is 2.29. The highest BCUT2D eigenvalue weighted by atomic mass is 35.5. The normalized spacial score (nSPS) is 12.5. The molecule has 1 N–H and O–H groups in total. The van der Waals surface area contributed by atoms with Crippen LogP contribution in [-0.2, 0) is 7.05 Å². The lowest BCUT2D eigenvalue weighted by atomic mass is 10.1. The summed E-state index contributed by atoms with van der Waals surface area (Å²) < 4.78 is 1.83. The molecule has 0 amide bonds. The zero-order valence-electron chi connectivity index (χ0n) is 11.2. The number of nitrogens with zero attached hydrogens (tertiary/aromatic N) is 2. The summed E-state index contributed by atoms with van der Waals surface area (Å²) in [7, 11) is 1.93. The van der Waals surface area contributed by atoms with E-state index in [1.165, 1.54) is 5.56 Å². The van der Waals surface area contributed by atoms with E-state index in [9.17, 15) is 0 Å². The summed E-state index contributed by atoms with van der Waals surface area (Å²) >= 11 is 6.29. The van der Waals surface area contributed by atoms with E-state index in [0.717, 1.165) is 22.0 Å². The van der Waals surface area contributed by atoms with Crippen LogP contribution in [0.3, 0.4) is 0 Å². The monoisotopic (exact) mass is 263 g/mol. The predicted molar refractivity (Wildman–Crippen MR) is 76.2 cm³/mol. The van der Waals surface area contributed by atoms with Crippen molar-refractivity contribution in [1.82, 2.24) is 9.78 Å². The van der Waals surface area contributed by atoms with Crippen LogP contribution in [0.15, 0.2) is 24.4 Å². The fourth-order valence-electron chi connectivity index (χ4n) is 2.11. The third-order valence-corrected chi connectivity index (χ3v) is 3.58. The predicted octanol–water partition coefficient (Wildman–Crippen LogP) is 3.86. The Morgan fingerprint density at radius 1 is 1.33 bits per heavy atom. The maximum absolute atomic E-state index is 6.29. The zero-order chi connectivity index (χ0) is 13.3. The Kier molecular flexibility index (Phi) is 3.62. The van der Waals surface area contributed by atoms with Crippen molar-refractivity contribution in [2.45, 2.75) is 26.8 Å². The van der Waals surface area contributed by atoms with Crippen LogP contribution in [0.4, 0.5) is 5.69 Å². The lowest BCUT2D eigenvalue weighted by Gasteiger charge is -2.16. The van der Waals surface area contributed by atoms with Crippen molar-refractivity contribution >= 4 is 17.3 Å². The molecule has 2 aromatic rings. The van der Waals surface area contributed by atoms with E-state index in [0.29, 0.717) is 0 Å². The van der Waals surface area contributed by atoms with Crippen molar-refractivity contribution in [1.29, 1.82) is 0 Å². The number of hydrogen-bond donors (Lipinski definition) is 1. The van der Waals surface area contributed by atoms with Gasteiger partial charge in [0.1, 0.15) is 0 Å². The molecule has 0 fully saturated rings. The molecule has 1 aromatic heterocycles. The standard InChI is InChI=1S/C14H18ClN3/c1-9-6-5-7-13(14(9)15)16-10(2)12-8-18(4)17-11(12)3/h5-8,10,16H,1-4H3. The molecule has 4 heteroatoms. The quantitative estimate of drug-likeness (QED) is 0.911. The third-order valence-electron chi connectivity index (χ3n) is 3.08. The smallest absolute Gasteiger partial charge is 0.0666 e. The first-order chi connectivity index (χ1) is 8.49. The molecule has 18 heavy (non-hydrogen) atoms. The van der Waals surface area contributed by atoms with Crippen LogP contribution in [0, 0.1) is 13.8 Å². The molecular weight excluding hydrogens is 246 g/mol. The number of anilines is 1. The molecule has 3 nitrogen and oxygen atoms in total. The summed E-state index contributed by atoms with van der Waals surface area (Å²) in [5.74, 6) is 0. The van der Waals surface area contributed by atoms with Crippen molar-refractivity contribution in [3.05, 3.63) is 46.2 Å². The van der Waals surface area contributed by atoms with Crippen molar-refractivity contribution in [2.75, 3.05) is 5.32 Å². The number of benzene rings is 1. The first-order valence-electron chi connectivity index (χ1n) is 6.01. The second kappa shape index (κ2) is 5.02. The third kappa shape index (κ3) is 2.51. The minimum Gasteiger partial charge on any atom is -0.377 e. The van der Waals surface area contributed by atoms with Gasteiger partial charge in [0.25, 0.3) is 0 Å². The first-order valence-corrected chi connectivity index (χ1v) is 6.38. The average molecular weight is 264 g/mol. The van der Waals surface area contributed by atoms with Gasteiger partial charge in [0.2, 0.25) is 0 Å². The lowest BCUT2D eigenvalue weighted by molar-refractivity contribution is 0.756. The molecule has 0 saturated carbocycles. The molecule has 0 spiro atoms. The van der Waals surface area contributed by atoms with Gasteiger partial charge in [-0.15, -0.1) is 0 Å². The van der Waals surface area contributed by atoms with Crippen LogP contribution >= 0.6 is 11.6 Å². The Bertz CT molecular complexity index is 560. The van der Waals surface area contributed by atoms with E-state index in [-0.39, 0.29) is 6.04 Å². The molecule has 0 saturated heterocycles. The van der Waals surface area contributed by atoms with E-state index < -0.39 is 0 Å². The number of aromatic nitrogens is 2. The summed E-state index contributed by atoms with van der Waals surface area (Å²) in [4.78, 5) is 0. The molecule has 1 aromatic carbocycles. The van der Waals surface area contributed by atoms with E-state index in [4.69, 9.17) is 11.6 Å². The number of aryl methyl sites for hydroxylation is 3. The molecule has 96 valence electrons. The van der Waals surface area contributed by atoms with Crippen molar-refractivity contribution in [3.8, 4) is 0 Å². The van der Waals surface area contributed by atoms with Crippen LogP contribution < -0.4 is 5.32 Å². The first kappa shape index (κ1) is 13.0. The molecule has 1 atom stereocenters. The molecule has 0 bridgehead atoms. The minimum atomic E-state index is 0.179. The Morgan fingerprint density at radius 2 is 2.06 bits per heavy atom. The highest BCUT2D eigenvalue weighted by Crippen LogP contribution is 2.29. The van der Waals surface area contributed by atoms with Gasteiger partial charge >= 0.3 is 0 Å². The molecule has 1 heterocycles. The topological polar surface area (TPSA) is 29.9 Å². The highest BCUT2D eigenvalue weighted by Gasteiger charge is 2.13. The SMILES string of the molecule is Cc1cccc(NC(C)c2cn(C)nc2C)c1Cl. The molecule has 1 unspecified atom stereocenters. The number of hydrogen-bond acceptors (Lipinski definition) is 2. The van der Waals surface area contributed by atoms with Crippen LogP contribution in [0.5, 0.6) is 0 Å². The van der Waals surface area contributed by atoms with Gasteiger partial charge in [-0.1, -0.05) is 23.7 Å².